The van der Waals surface area contributed by atoms with Crippen LogP contribution in [0.25, 0.3) is 0 Å². The van der Waals surface area contributed by atoms with E-state index in [2.05, 4.69) is 22.0 Å². The number of halogens is 1. The van der Waals surface area contributed by atoms with Crippen LogP contribution in [0.1, 0.15) is 62.2 Å². The monoisotopic (exact) mass is 623 g/mol. The van der Waals surface area contributed by atoms with Crippen LogP contribution in [-0.2, 0) is 23.1 Å². The molecule has 11 heteroatoms. The highest BCUT2D eigenvalue weighted by Gasteiger charge is 2.43. The minimum absolute atomic E-state index is 0.0498. The van der Waals surface area contributed by atoms with E-state index in [1.807, 2.05) is 24.3 Å². The van der Waals surface area contributed by atoms with Crippen molar-refractivity contribution in [1.82, 2.24) is 20.9 Å². The Labute approximate surface area is 267 Å². The zero-order chi connectivity index (χ0) is 32.8. The molecule has 10 nitrogen and oxygen atoms in total. The number of nitrogens with one attached hydrogen (secondary N) is 3. The van der Waals surface area contributed by atoms with E-state index < -0.39 is 17.3 Å². The van der Waals surface area contributed by atoms with Crippen LogP contribution in [-0.4, -0.2) is 68.2 Å². The quantitative estimate of drug-likeness (QED) is 0.163. The Morgan fingerprint density at radius 1 is 0.978 bits per heavy atom. The third-order valence-corrected chi connectivity index (χ3v) is 8.96. The normalized spacial score (nSPS) is 16.9. The lowest BCUT2D eigenvalue weighted by Gasteiger charge is -2.37. The standard InChI is InChI=1S/C35H38FN7O3/c1-39-32(45)24-7-13-29-22(18-24)5-6-23-19-25(33(46)40-2)8-14-30(23)35(29,34(38)42-27-11-9-26(36)10-12-27)15-16-41-21-31(44)43-17-3-4-28(43)20-37/h7-14,18-19,28,41H,3-6,15-17,21H2,1-2H3,(H2,38,42)(H,39,45)(H,40,46)/t28-/m0/s1. The number of aryl methyl sites for hydroxylation is 2. The maximum atomic E-state index is 13.8. The molecule has 0 unspecified atom stereocenters. The molecule has 0 aromatic heterocycles. The summed E-state index contributed by atoms with van der Waals surface area (Å²) >= 11 is 0. The number of nitrogens with two attached hydrogens (primary N) is 1. The van der Waals surface area contributed by atoms with E-state index in [1.54, 1.807) is 43.3 Å². The number of amidine groups is 1. The molecule has 3 aromatic carbocycles. The number of rotatable bonds is 9. The van der Waals surface area contributed by atoms with Gasteiger partial charge in [-0.15, -0.1) is 0 Å². The summed E-state index contributed by atoms with van der Waals surface area (Å²) in [5.74, 6) is -0.726. The van der Waals surface area contributed by atoms with E-state index in [4.69, 9.17) is 10.7 Å². The topological polar surface area (TPSA) is 153 Å². The molecule has 0 saturated carbocycles. The minimum Gasteiger partial charge on any atom is -0.386 e. The van der Waals surface area contributed by atoms with Crippen molar-refractivity contribution in [3.05, 3.63) is 99.9 Å². The number of amides is 3. The second-order valence-corrected chi connectivity index (χ2v) is 11.6. The van der Waals surface area contributed by atoms with Gasteiger partial charge in [0.15, 0.2) is 0 Å². The lowest BCUT2D eigenvalue weighted by Crippen LogP contribution is -2.46. The predicted molar refractivity (Wildman–Crippen MR) is 173 cm³/mol. The SMILES string of the molecule is CNC(=O)c1ccc2c(c1)CCc1cc(C(=O)NC)ccc1C2(CCNCC(=O)N1CCC[C@H]1C#N)C(N)=Nc1ccc(F)cc1. The van der Waals surface area contributed by atoms with Crippen LogP contribution in [0.4, 0.5) is 10.1 Å². The molecule has 5 rings (SSSR count). The summed E-state index contributed by atoms with van der Waals surface area (Å²) in [6, 6.07) is 18.6. The van der Waals surface area contributed by atoms with Crippen LogP contribution in [0, 0.1) is 17.1 Å². The molecule has 1 aliphatic carbocycles. The molecule has 0 radical (unpaired) electrons. The largest absolute Gasteiger partial charge is 0.386 e. The number of likely N-dealkylation sites (tertiary alicyclic amines) is 1. The van der Waals surface area contributed by atoms with Crippen molar-refractivity contribution in [3.8, 4) is 6.07 Å². The maximum absolute atomic E-state index is 13.8. The van der Waals surface area contributed by atoms with Gasteiger partial charge in [-0.2, -0.15) is 5.26 Å². The fraction of sp³-hybridized carbons (Fsp3) is 0.343. The molecule has 1 aliphatic heterocycles. The highest BCUT2D eigenvalue weighted by Crippen LogP contribution is 2.44. The Hall–Kier alpha value is -5.08. The smallest absolute Gasteiger partial charge is 0.251 e. The van der Waals surface area contributed by atoms with Gasteiger partial charge in [0.1, 0.15) is 17.7 Å². The fourth-order valence-corrected chi connectivity index (χ4v) is 6.62. The number of carbonyl (C=O) groups is 3. The van der Waals surface area contributed by atoms with Crippen molar-refractivity contribution in [2.75, 3.05) is 33.7 Å². The van der Waals surface area contributed by atoms with Crippen LogP contribution in [0.2, 0.25) is 0 Å². The summed E-state index contributed by atoms with van der Waals surface area (Å²) < 4.78 is 13.8. The van der Waals surface area contributed by atoms with Gasteiger partial charge in [0.05, 0.1) is 23.7 Å². The summed E-state index contributed by atoms with van der Waals surface area (Å²) in [6.45, 7) is 0.958. The van der Waals surface area contributed by atoms with Crippen molar-refractivity contribution in [2.24, 2.45) is 10.7 Å². The lowest BCUT2D eigenvalue weighted by molar-refractivity contribution is -0.130. The molecule has 1 saturated heterocycles. The van der Waals surface area contributed by atoms with Crippen molar-refractivity contribution in [3.63, 3.8) is 0 Å². The Balaban J connectivity index is 1.62. The molecular formula is C35H38FN7O3. The third-order valence-electron chi connectivity index (χ3n) is 8.96. The van der Waals surface area contributed by atoms with Gasteiger partial charge in [-0.05, 0) is 109 Å². The average molecular weight is 624 g/mol. The van der Waals surface area contributed by atoms with Gasteiger partial charge >= 0.3 is 0 Å². The van der Waals surface area contributed by atoms with Crippen LogP contribution in [0.3, 0.4) is 0 Å². The second-order valence-electron chi connectivity index (χ2n) is 11.6. The van der Waals surface area contributed by atoms with Crippen molar-refractivity contribution in [1.29, 1.82) is 5.26 Å². The second kappa shape index (κ2) is 13.9. The Morgan fingerprint density at radius 3 is 2.11 bits per heavy atom. The Bertz CT molecular complexity index is 1650. The molecule has 3 aromatic rings. The first-order valence-electron chi connectivity index (χ1n) is 15.4. The Morgan fingerprint density at radius 2 is 1.57 bits per heavy atom. The Kier molecular flexibility index (Phi) is 9.78. The van der Waals surface area contributed by atoms with Gasteiger partial charge in [0, 0.05) is 31.8 Å². The number of carbonyl (C=O) groups excluding carboxylic acids is 3. The van der Waals surface area contributed by atoms with Crippen molar-refractivity contribution in [2.45, 2.75) is 43.6 Å². The summed E-state index contributed by atoms with van der Waals surface area (Å²) in [5.41, 5.74) is 11.0. The molecule has 5 N–H and O–H groups in total. The maximum Gasteiger partial charge on any atom is 0.251 e. The number of benzene rings is 3. The number of hydrogen-bond acceptors (Lipinski definition) is 6. The van der Waals surface area contributed by atoms with E-state index >= 15 is 0 Å². The first kappa shape index (κ1) is 32.3. The molecule has 238 valence electrons. The predicted octanol–water partition coefficient (Wildman–Crippen LogP) is 3.11. The summed E-state index contributed by atoms with van der Waals surface area (Å²) in [7, 11) is 3.16. The molecule has 0 bridgehead atoms. The minimum atomic E-state index is -1.04. The fourth-order valence-electron chi connectivity index (χ4n) is 6.62. The summed E-state index contributed by atoms with van der Waals surface area (Å²) in [5, 5.41) is 18.1. The zero-order valence-electron chi connectivity index (χ0n) is 26.0. The molecule has 46 heavy (non-hydrogen) atoms. The molecule has 2 aliphatic rings. The third kappa shape index (κ3) is 6.34. The molecule has 3 amide bonds. The molecule has 1 heterocycles. The number of nitriles is 1. The number of fused-ring (bicyclic) bond motifs is 2. The van der Waals surface area contributed by atoms with Crippen LogP contribution in [0.15, 0.2) is 65.7 Å². The van der Waals surface area contributed by atoms with Gasteiger partial charge in [-0.3, -0.25) is 14.4 Å². The van der Waals surface area contributed by atoms with Crippen molar-refractivity contribution >= 4 is 29.2 Å². The number of nitrogens with zero attached hydrogens (tertiary/aromatic N) is 3. The van der Waals surface area contributed by atoms with Crippen LogP contribution < -0.4 is 21.7 Å². The van der Waals surface area contributed by atoms with E-state index in [9.17, 15) is 24.0 Å². The van der Waals surface area contributed by atoms with E-state index in [0.29, 0.717) is 55.6 Å². The van der Waals surface area contributed by atoms with Gasteiger partial charge < -0.3 is 26.6 Å². The van der Waals surface area contributed by atoms with Gasteiger partial charge in [-0.1, -0.05) is 12.1 Å². The molecule has 0 spiro atoms. The van der Waals surface area contributed by atoms with E-state index in [0.717, 1.165) is 28.7 Å². The summed E-state index contributed by atoms with van der Waals surface area (Å²) in [6.07, 6.45) is 2.99. The zero-order valence-corrected chi connectivity index (χ0v) is 26.0. The molecule has 1 atom stereocenters. The first-order chi connectivity index (χ1) is 22.2. The van der Waals surface area contributed by atoms with Gasteiger partial charge in [0.25, 0.3) is 11.8 Å². The van der Waals surface area contributed by atoms with Gasteiger partial charge in [-0.25, -0.2) is 9.38 Å². The summed E-state index contributed by atoms with van der Waals surface area (Å²) in [4.78, 5) is 44.7. The first-order valence-corrected chi connectivity index (χ1v) is 15.4. The van der Waals surface area contributed by atoms with Crippen molar-refractivity contribution < 1.29 is 18.8 Å². The molecule has 1 fully saturated rings. The van der Waals surface area contributed by atoms with Gasteiger partial charge in [0.2, 0.25) is 5.91 Å². The number of hydrogen-bond donors (Lipinski definition) is 4. The highest BCUT2D eigenvalue weighted by atomic mass is 19.1. The molecular weight excluding hydrogens is 585 g/mol. The highest BCUT2D eigenvalue weighted by molar-refractivity contribution is 6.00. The number of aliphatic imine (C=N–C) groups is 1. The average Bonchev–Trinajstić information content (AvgIpc) is 3.52. The van der Waals surface area contributed by atoms with E-state index in [-0.39, 0.29) is 30.1 Å². The lowest BCUT2D eigenvalue weighted by atomic mass is 9.68. The van der Waals surface area contributed by atoms with Crippen LogP contribution >= 0.6 is 0 Å². The van der Waals surface area contributed by atoms with E-state index in [1.165, 1.54) is 12.1 Å². The van der Waals surface area contributed by atoms with Crippen LogP contribution in [0.5, 0.6) is 0 Å².